The van der Waals surface area contributed by atoms with E-state index in [9.17, 15) is 0 Å². The van der Waals surface area contributed by atoms with Crippen LogP contribution < -0.4 is 11.5 Å². The Balaban J connectivity index is 0.000000470. The summed E-state index contributed by atoms with van der Waals surface area (Å²) in [5.41, 5.74) is 18.8. The second-order valence-corrected chi connectivity index (χ2v) is 10.9. The minimum absolute atomic E-state index is 0.273. The second-order valence-electron chi connectivity index (χ2n) is 10.9. The first-order valence-electron chi connectivity index (χ1n) is 14.2. The molecule has 2 atom stereocenters. The van der Waals surface area contributed by atoms with Crippen LogP contribution in [0.25, 0.3) is 22.3 Å². The van der Waals surface area contributed by atoms with E-state index in [0.717, 1.165) is 71.3 Å². The van der Waals surface area contributed by atoms with Crippen molar-refractivity contribution in [2.45, 2.75) is 83.2 Å². The van der Waals surface area contributed by atoms with Crippen molar-refractivity contribution in [3.8, 4) is 11.1 Å². The van der Waals surface area contributed by atoms with E-state index in [2.05, 4.69) is 61.2 Å². The zero-order valence-corrected chi connectivity index (χ0v) is 24.3. The maximum Gasteiger partial charge on any atom is 0.165 e. The number of nitrogen functional groups attached to an aromatic ring is 1. The van der Waals surface area contributed by atoms with E-state index in [1.54, 1.807) is 4.52 Å². The molecule has 2 aliphatic rings. The van der Waals surface area contributed by atoms with E-state index in [0.29, 0.717) is 29.7 Å². The lowest BCUT2D eigenvalue weighted by molar-refractivity contribution is 0.160. The molecule has 0 saturated carbocycles. The number of aliphatic imine (C=N–C) groups is 1. The van der Waals surface area contributed by atoms with Crippen LogP contribution in [0.3, 0.4) is 0 Å². The Kier molecular flexibility index (Phi) is 9.14. The number of amidine groups is 1. The molecule has 0 spiro atoms. The van der Waals surface area contributed by atoms with Gasteiger partial charge in [0.1, 0.15) is 18.0 Å². The number of rotatable bonds is 8. The maximum atomic E-state index is 6.70. The number of hydrogen-bond acceptors (Lipinski definition) is 6. The standard InChI is InChI=1S/C27H36N6.C4H7N3/c1-6-17(7-2)23-11-8-18(14-29-23)22-15-30-33-26(28)24(16(3)4)25(31-27(22)33)19-12-20-9-10-21(13-19)32(20)5;1-2-4(6)7-3-5/h8,11,14-15,17,19-21H,3,6-7,9-10,12-13,28H2,1-2,4-5H3;2-3H,1H2,(H3,5,6,7). The molecule has 40 heavy (non-hydrogen) atoms. The third-order valence-electron chi connectivity index (χ3n) is 8.55. The zero-order valence-electron chi connectivity index (χ0n) is 24.3. The van der Waals surface area contributed by atoms with E-state index >= 15 is 0 Å². The number of piperidine rings is 1. The number of fused-ring (bicyclic) bond motifs is 3. The highest BCUT2D eigenvalue weighted by atomic mass is 15.3. The van der Waals surface area contributed by atoms with Gasteiger partial charge in [-0.15, -0.1) is 0 Å². The van der Waals surface area contributed by atoms with Crippen molar-refractivity contribution in [3.05, 3.63) is 60.7 Å². The molecular formula is C31H43N9. The number of aromatic nitrogens is 4. The van der Waals surface area contributed by atoms with Crippen LogP contribution in [0.2, 0.25) is 0 Å². The summed E-state index contributed by atoms with van der Waals surface area (Å²) in [6.45, 7) is 14.0. The molecule has 3 aromatic heterocycles. The van der Waals surface area contributed by atoms with Crippen molar-refractivity contribution in [3.63, 3.8) is 0 Å². The minimum Gasteiger partial charge on any atom is -0.384 e. The molecule has 9 heteroatoms. The average molecular weight is 542 g/mol. The summed E-state index contributed by atoms with van der Waals surface area (Å²) in [5, 5.41) is 11.0. The summed E-state index contributed by atoms with van der Waals surface area (Å²) in [6.07, 6.45) is 13.1. The van der Waals surface area contributed by atoms with Gasteiger partial charge >= 0.3 is 0 Å². The Hall–Kier alpha value is -3.85. The van der Waals surface area contributed by atoms with Gasteiger partial charge in [-0.3, -0.25) is 10.4 Å². The molecule has 2 unspecified atom stereocenters. The molecule has 2 aliphatic heterocycles. The zero-order chi connectivity index (χ0) is 29.0. The van der Waals surface area contributed by atoms with Crippen LogP contribution in [0.5, 0.6) is 0 Å². The van der Waals surface area contributed by atoms with Crippen LogP contribution in [0.15, 0.2) is 48.8 Å². The molecule has 0 radical (unpaired) electrons. The number of anilines is 1. The molecular weight excluding hydrogens is 498 g/mol. The largest absolute Gasteiger partial charge is 0.384 e. The van der Waals surface area contributed by atoms with Crippen molar-refractivity contribution in [2.24, 2.45) is 10.7 Å². The molecule has 3 aromatic rings. The highest BCUT2D eigenvalue weighted by Crippen LogP contribution is 2.44. The fourth-order valence-electron chi connectivity index (χ4n) is 6.24. The van der Waals surface area contributed by atoms with Gasteiger partial charge in [0.15, 0.2) is 5.65 Å². The predicted molar refractivity (Wildman–Crippen MR) is 166 cm³/mol. The molecule has 0 aromatic carbocycles. The summed E-state index contributed by atoms with van der Waals surface area (Å²) < 4.78 is 1.78. The van der Waals surface area contributed by atoms with Crippen molar-refractivity contribution in [2.75, 3.05) is 12.8 Å². The van der Waals surface area contributed by atoms with Crippen LogP contribution >= 0.6 is 0 Å². The van der Waals surface area contributed by atoms with Crippen molar-refractivity contribution < 1.29 is 0 Å². The molecule has 0 aliphatic carbocycles. The molecule has 5 rings (SSSR count). The van der Waals surface area contributed by atoms with Gasteiger partial charge in [-0.2, -0.15) is 9.61 Å². The SMILES string of the molecule is C=C(C)c1c(C2CC3CCC(C2)N3C)nc2c(-c3ccc(C(CC)CC)nc3)cnn2c1N.C=CC(N)=NC=N. The monoisotopic (exact) mass is 541 g/mol. The summed E-state index contributed by atoms with van der Waals surface area (Å²) in [5.74, 6) is 1.81. The van der Waals surface area contributed by atoms with Crippen molar-refractivity contribution >= 4 is 29.2 Å². The first kappa shape index (κ1) is 29.1. The topological polar surface area (TPSA) is 135 Å². The lowest BCUT2D eigenvalue weighted by Gasteiger charge is -2.36. The molecule has 2 bridgehead atoms. The predicted octanol–water partition coefficient (Wildman–Crippen LogP) is 5.79. The fraction of sp³-hybridized carbons (Fsp3) is 0.452. The molecule has 5 N–H and O–H groups in total. The number of hydrogen-bond donors (Lipinski definition) is 3. The average Bonchev–Trinajstić information content (AvgIpc) is 3.45. The number of nitrogens with one attached hydrogen (secondary N) is 1. The number of nitrogens with two attached hydrogens (primary N) is 2. The Bertz CT molecular complexity index is 1380. The first-order valence-corrected chi connectivity index (χ1v) is 14.2. The van der Waals surface area contributed by atoms with Crippen molar-refractivity contribution in [1.29, 1.82) is 5.41 Å². The molecule has 9 nitrogen and oxygen atoms in total. The highest BCUT2D eigenvalue weighted by molar-refractivity contribution is 5.95. The normalized spacial score (nSPS) is 20.8. The van der Waals surface area contributed by atoms with E-state index in [1.807, 2.05) is 19.3 Å². The summed E-state index contributed by atoms with van der Waals surface area (Å²) in [4.78, 5) is 16.0. The molecule has 2 fully saturated rings. The van der Waals surface area contributed by atoms with Crippen LogP contribution in [-0.4, -0.2) is 55.8 Å². The molecule has 0 amide bonds. The Morgan fingerprint density at radius 2 is 1.88 bits per heavy atom. The lowest BCUT2D eigenvalue weighted by atomic mass is 9.85. The van der Waals surface area contributed by atoms with E-state index in [1.165, 1.54) is 18.9 Å². The smallest absolute Gasteiger partial charge is 0.165 e. The summed E-state index contributed by atoms with van der Waals surface area (Å²) in [7, 11) is 2.27. The van der Waals surface area contributed by atoms with Gasteiger partial charge in [-0.25, -0.2) is 9.98 Å². The maximum absolute atomic E-state index is 6.70. The van der Waals surface area contributed by atoms with Gasteiger partial charge in [0, 0.05) is 52.5 Å². The van der Waals surface area contributed by atoms with Gasteiger partial charge in [-0.05, 0) is 70.2 Å². The quantitative estimate of drug-likeness (QED) is 0.244. The lowest BCUT2D eigenvalue weighted by Crippen LogP contribution is -2.39. The van der Waals surface area contributed by atoms with E-state index in [4.69, 9.17) is 26.8 Å². The van der Waals surface area contributed by atoms with Crippen LogP contribution in [0.1, 0.15) is 88.1 Å². The molecule has 5 heterocycles. The Morgan fingerprint density at radius 3 is 2.38 bits per heavy atom. The van der Waals surface area contributed by atoms with Crippen LogP contribution in [-0.2, 0) is 0 Å². The minimum atomic E-state index is 0.273. The van der Waals surface area contributed by atoms with Gasteiger partial charge < -0.3 is 16.4 Å². The first-order chi connectivity index (χ1) is 19.2. The fourth-order valence-corrected chi connectivity index (χ4v) is 6.24. The van der Waals surface area contributed by atoms with Gasteiger partial charge in [0.2, 0.25) is 0 Å². The highest BCUT2D eigenvalue weighted by Gasteiger charge is 2.40. The Labute approximate surface area is 237 Å². The Morgan fingerprint density at radius 1 is 1.20 bits per heavy atom. The number of nitrogens with zero attached hydrogens (tertiary/aromatic N) is 6. The van der Waals surface area contributed by atoms with Crippen LogP contribution in [0.4, 0.5) is 5.82 Å². The summed E-state index contributed by atoms with van der Waals surface area (Å²) >= 11 is 0. The number of allylic oxidation sites excluding steroid dienone is 1. The summed E-state index contributed by atoms with van der Waals surface area (Å²) in [6, 6.07) is 5.57. The third kappa shape index (κ3) is 5.70. The van der Waals surface area contributed by atoms with Gasteiger partial charge in [0.05, 0.1) is 11.9 Å². The van der Waals surface area contributed by atoms with Gasteiger partial charge in [0.25, 0.3) is 0 Å². The molecule has 212 valence electrons. The van der Waals surface area contributed by atoms with E-state index < -0.39 is 0 Å². The van der Waals surface area contributed by atoms with E-state index in [-0.39, 0.29) is 5.84 Å². The van der Waals surface area contributed by atoms with Crippen molar-refractivity contribution in [1.82, 2.24) is 24.5 Å². The number of pyridine rings is 1. The third-order valence-corrected chi connectivity index (χ3v) is 8.55. The molecule has 2 saturated heterocycles. The van der Waals surface area contributed by atoms with Crippen LogP contribution in [0, 0.1) is 5.41 Å². The second kappa shape index (κ2) is 12.6. The van der Waals surface area contributed by atoms with Gasteiger partial charge in [-0.1, -0.05) is 33.1 Å².